The summed E-state index contributed by atoms with van der Waals surface area (Å²) in [6.07, 6.45) is 6.20. The number of benzene rings is 1. The van der Waals surface area contributed by atoms with Crippen LogP contribution in [0.5, 0.6) is 0 Å². The van der Waals surface area contributed by atoms with Crippen LogP contribution in [0.3, 0.4) is 0 Å². The highest BCUT2D eigenvalue weighted by Crippen LogP contribution is 2.39. The van der Waals surface area contributed by atoms with E-state index in [-0.39, 0.29) is 5.82 Å². The van der Waals surface area contributed by atoms with E-state index in [1.54, 1.807) is 6.07 Å². The summed E-state index contributed by atoms with van der Waals surface area (Å²) in [5.41, 5.74) is 1.93. The first-order valence-corrected chi connectivity index (χ1v) is 7.97. The van der Waals surface area contributed by atoms with Crippen molar-refractivity contribution in [3.05, 3.63) is 29.6 Å². The zero-order valence-electron chi connectivity index (χ0n) is 12.5. The minimum Gasteiger partial charge on any atom is -0.365 e. The van der Waals surface area contributed by atoms with Gasteiger partial charge in [0.25, 0.3) is 0 Å². The number of hydrogen-bond acceptors (Lipinski definition) is 2. The van der Waals surface area contributed by atoms with Crippen LogP contribution >= 0.6 is 0 Å². The Balaban J connectivity index is 1.88. The lowest BCUT2D eigenvalue weighted by Gasteiger charge is -2.51. The lowest BCUT2D eigenvalue weighted by Crippen LogP contribution is -2.56. The fourth-order valence-corrected chi connectivity index (χ4v) is 4.11. The fraction of sp³-hybridized carbons (Fsp3) is 0.647. The summed E-state index contributed by atoms with van der Waals surface area (Å²) in [4.78, 5) is 2.52. The zero-order valence-corrected chi connectivity index (χ0v) is 12.5. The van der Waals surface area contributed by atoms with Crippen molar-refractivity contribution in [2.75, 3.05) is 11.4 Å². The van der Waals surface area contributed by atoms with Crippen molar-refractivity contribution < 1.29 is 4.39 Å². The number of fused-ring (bicyclic) bond motifs is 2. The van der Waals surface area contributed by atoms with Gasteiger partial charge in [0.2, 0.25) is 0 Å². The van der Waals surface area contributed by atoms with Gasteiger partial charge in [-0.2, -0.15) is 0 Å². The van der Waals surface area contributed by atoms with Crippen molar-refractivity contribution in [1.82, 2.24) is 5.32 Å². The second-order valence-electron chi connectivity index (χ2n) is 6.26. The maximum Gasteiger partial charge on any atom is 0.128 e. The molecule has 2 bridgehead atoms. The standard InChI is InChI=1S/C17H25FN2/c1-3-19-13-10-14-6-4-7-15(11-13)20(14)17-9-5-8-16(18)12(17)2/h5,8-9,13-15,19H,3-4,6-7,10-11H2,1-2H3. The smallest absolute Gasteiger partial charge is 0.128 e. The SMILES string of the molecule is CCNC1CC2CCCC(C1)N2c1cccc(F)c1C. The number of rotatable bonds is 3. The van der Waals surface area contributed by atoms with Gasteiger partial charge in [0, 0.05) is 29.4 Å². The fourth-order valence-electron chi connectivity index (χ4n) is 4.11. The molecule has 1 aromatic carbocycles. The summed E-state index contributed by atoms with van der Waals surface area (Å²) in [5.74, 6) is -0.0746. The zero-order chi connectivity index (χ0) is 14.1. The molecule has 0 aromatic heterocycles. The second-order valence-corrected chi connectivity index (χ2v) is 6.26. The van der Waals surface area contributed by atoms with Gasteiger partial charge in [-0.1, -0.05) is 13.0 Å². The van der Waals surface area contributed by atoms with Crippen molar-refractivity contribution in [3.63, 3.8) is 0 Å². The highest BCUT2D eigenvalue weighted by Gasteiger charge is 2.38. The number of nitrogens with zero attached hydrogens (tertiary/aromatic N) is 1. The maximum absolute atomic E-state index is 13.9. The van der Waals surface area contributed by atoms with Crippen molar-refractivity contribution in [2.24, 2.45) is 0 Å². The average Bonchev–Trinajstić information content (AvgIpc) is 2.42. The monoisotopic (exact) mass is 276 g/mol. The molecule has 0 spiro atoms. The Labute approximate surface area is 121 Å². The molecular formula is C17H25FN2. The number of nitrogens with one attached hydrogen (secondary N) is 1. The molecule has 3 heteroatoms. The Bertz CT molecular complexity index is 460. The lowest BCUT2D eigenvalue weighted by atomic mass is 9.81. The van der Waals surface area contributed by atoms with Gasteiger partial charge in [0.05, 0.1) is 0 Å². The van der Waals surface area contributed by atoms with Crippen LogP contribution in [-0.4, -0.2) is 24.7 Å². The van der Waals surface area contributed by atoms with E-state index in [9.17, 15) is 4.39 Å². The largest absolute Gasteiger partial charge is 0.365 e. The predicted octanol–water partition coefficient (Wildman–Crippen LogP) is 3.63. The lowest BCUT2D eigenvalue weighted by molar-refractivity contribution is 0.247. The summed E-state index contributed by atoms with van der Waals surface area (Å²) < 4.78 is 13.9. The van der Waals surface area contributed by atoms with E-state index in [2.05, 4.69) is 23.2 Å². The van der Waals surface area contributed by atoms with Gasteiger partial charge < -0.3 is 10.2 Å². The molecule has 0 aliphatic carbocycles. The average molecular weight is 276 g/mol. The number of hydrogen-bond donors (Lipinski definition) is 1. The number of halogens is 1. The molecule has 0 amide bonds. The van der Waals surface area contributed by atoms with Crippen LogP contribution in [0.4, 0.5) is 10.1 Å². The summed E-state index contributed by atoms with van der Waals surface area (Å²) in [5, 5.41) is 3.61. The summed E-state index contributed by atoms with van der Waals surface area (Å²) >= 11 is 0. The second kappa shape index (κ2) is 5.72. The quantitative estimate of drug-likeness (QED) is 0.907. The highest BCUT2D eigenvalue weighted by atomic mass is 19.1. The van der Waals surface area contributed by atoms with Gasteiger partial charge in [0.1, 0.15) is 5.82 Å². The van der Waals surface area contributed by atoms with Gasteiger partial charge in [-0.25, -0.2) is 4.39 Å². The molecule has 110 valence electrons. The minimum atomic E-state index is -0.0746. The summed E-state index contributed by atoms with van der Waals surface area (Å²) in [6, 6.07) is 7.31. The van der Waals surface area contributed by atoms with E-state index in [1.807, 2.05) is 13.0 Å². The molecule has 0 saturated carbocycles. The van der Waals surface area contributed by atoms with Gasteiger partial charge in [-0.05, 0) is 57.7 Å². The van der Waals surface area contributed by atoms with E-state index in [0.29, 0.717) is 18.1 Å². The molecule has 2 aliphatic rings. The van der Waals surface area contributed by atoms with Crippen molar-refractivity contribution in [3.8, 4) is 0 Å². The molecule has 3 rings (SSSR count). The first kappa shape index (κ1) is 13.9. The molecule has 2 unspecified atom stereocenters. The van der Waals surface area contributed by atoms with Gasteiger partial charge >= 0.3 is 0 Å². The molecule has 2 nitrogen and oxygen atoms in total. The Morgan fingerprint density at radius 1 is 1.25 bits per heavy atom. The molecule has 2 aliphatic heterocycles. The molecule has 0 radical (unpaired) electrons. The summed E-state index contributed by atoms with van der Waals surface area (Å²) in [7, 11) is 0. The van der Waals surface area contributed by atoms with Crippen molar-refractivity contribution in [1.29, 1.82) is 0 Å². The molecule has 2 atom stereocenters. The van der Waals surface area contributed by atoms with Crippen LogP contribution in [0.15, 0.2) is 18.2 Å². The summed E-state index contributed by atoms with van der Waals surface area (Å²) in [6.45, 7) is 5.14. The molecule has 2 fully saturated rings. The van der Waals surface area contributed by atoms with Crippen LogP contribution in [-0.2, 0) is 0 Å². The third-order valence-electron chi connectivity index (χ3n) is 4.98. The number of anilines is 1. The van der Waals surface area contributed by atoms with E-state index >= 15 is 0 Å². The molecule has 1 aromatic rings. The van der Waals surface area contributed by atoms with E-state index in [4.69, 9.17) is 0 Å². The van der Waals surface area contributed by atoms with Crippen molar-refractivity contribution >= 4 is 5.69 Å². The number of piperidine rings is 2. The van der Waals surface area contributed by atoms with Crippen LogP contribution in [0, 0.1) is 12.7 Å². The normalized spacial score (nSPS) is 29.6. The maximum atomic E-state index is 13.9. The third-order valence-corrected chi connectivity index (χ3v) is 4.98. The van der Waals surface area contributed by atoms with Gasteiger partial charge in [-0.15, -0.1) is 0 Å². The molecule has 2 heterocycles. The van der Waals surface area contributed by atoms with Gasteiger partial charge in [-0.3, -0.25) is 0 Å². The topological polar surface area (TPSA) is 15.3 Å². The van der Waals surface area contributed by atoms with Crippen LogP contribution < -0.4 is 10.2 Å². The highest BCUT2D eigenvalue weighted by molar-refractivity contribution is 5.56. The molecule has 2 saturated heterocycles. The van der Waals surface area contributed by atoms with Crippen LogP contribution in [0.25, 0.3) is 0 Å². The molecular weight excluding hydrogens is 251 g/mol. The van der Waals surface area contributed by atoms with E-state index in [0.717, 1.165) is 17.8 Å². The van der Waals surface area contributed by atoms with E-state index in [1.165, 1.54) is 32.1 Å². The Morgan fingerprint density at radius 3 is 2.60 bits per heavy atom. The van der Waals surface area contributed by atoms with Crippen LogP contribution in [0.1, 0.15) is 44.6 Å². The predicted molar refractivity (Wildman–Crippen MR) is 81.7 cm³/mol. The first-order valence-electron chi connectivity index (χ1n) is 7.97. The Kier molecular flexibility index (Phi) is 3.97. The first-order chi connectivity index (χ1) is 9.70. The van der Waals surface area contributed by atoms with Crippen LogP contribution in [0.2, 0.25) is 0 Å². The Hall–Kier alpha value is -1.09. The van der Waals surface area contributed by atoms with E-state index < -0.39 is 0 Å². The Morgan fingerprint density at radius 2 is 1.95 bits per heavy atom. The van der Waals surface area contributed by atoms with Gasteiger partial charge in [0.15, 0.2) is 0 Å². The third kappa shape index (κ3) is 2.44. The van der Waals surface area contributed by atoms with Crippen molar-refractivity contribution in [2.45, 2.75) is 64.1 Å². The minimum absolute atomic E-state index is 0.0746. The molecule has 1 N–H and O–H groups in total. The molecule has 20 heavy (non-hydrogen) atoms.